The number of hydrogen-bond donors (Lipinski definition) is 0. The Kier molecular flexibility index (Phi) is 11.0. The molecule has 0 aliphatic rings. The number of rotatable bonds is 11. The smallest absolute Gasteiger partial charge is 0.338 e. The van der Waals surface area contributed by atoms with Crippen LogP contribution >= 0.6 is 0 Å². The van der Waals surface area contributed by atoms with E-state index in [0.717, 1.165) is 37.0 Å². The van der Waals surface area contributed by atoms with Crippen molar-refractivity contribution in [3.8, 4) is 0 Å². The van der Waals surface area contributed by atoms with E-state index in [9.17, 15) is 0 Å². The Bertz CT molecular complexity index is 415. The van der Waals surface area contributed by atoms with Crippen LogP contribution in [0.15, 0.2) is 0 Å². The first-order chi connectivity index (χ1) is 13.2. The van der Waals surface area contributed by atoms with Crippen LogP contribution in [0.4, 0.5) is 0 Å². The quantitative estimate of drug-likeness (QED) is 0.230. The average molecular weight is 463 g/mol. The molecule has 0 radical (unpaired) electrons. The van der Waals surface area contributed by atoms with Crippen molar-refractivity contribution < 1.29 is 17.7 Å². The van der Waals surface area contributed by atoms with Gasteiger partial charge in [0.25, 0.3) is 0 Å². The van der Waals surface area contributed by atoms with Gasteiger partial charge in [-0.15, -0.1) is 0 Å². The summed E-state index contributed by atoms with van der Waals surface area (Å²) in [7, 11) is -4.61. The van der Waals surface area contributed by atoms with Crippen LogP contribution in [-0.4, -0.2) is 39.5 Å². The summed E-state index contributed by atoms with van der Waals surface area (Å²) in [5.74, 6) is 0. The van der Waals surface area contributed by atoms with Crippen molar-refractivity contribution in [2.45, 2.75) is 156 Å². The van der Waals surface area contributed by atoms with Gasteiger partial charge in [-0.05, 0) is 107 Å². The first kappa shape index (κ1) is 30.3. The summed E-state index contributed by atoms with van der Waals surface area (Å²) in [5.41, 5.74) is -0.777. The van der Waals surface area contributed by atoms with E-state index in [-0.39, 0.29) is 22.4 Å². The summed E-state index contributed by atoms with van der Waals surface area (Å²) < 4.78 is 26.5. The maximum atomic E-state index is 6.64. The molecule has 0 spiro atoms. The van der Waals surface area contributed by atoms with Crippen LogP contribution in [0.5, 0.6) is 0 Å². The van der Waals surface area contributed by atoms with Crippen molar-refractivity contribution in [3.05, 3.63) is 0 Å². The minimum Gasteiger partial charge on any atom is -0.389 e. The van der Waals surface area contributed by atoms with Crippen molar-refractivity contribution in [2.75, 3.05) is 0 Å². The third-order valence-corrected chi connectivity index (χ3v) is 12.7. The summed E-state index contributed by atoms with van der Waals surface area (Å²) in [4.78, 5) is 0. The molecule has 0 N–H and O–H groups in total. The normalized spacial score (nSPS) is 15.0. The standard InChI is InChI=1S/C24H54O4Si2/c1-15-29(25-21(3,4)5,26-22(6,7)8)19-17-18-20-30(16-2,27-23(9,10)11)28-24(12,13)14/h15-20H2,1-14H3. The Labute approximate surface area is 191 Å². The van der Waals surface area contributed by atoms with Crippen molar-refractivity contribution in [1.82, 2.24) is 0 Å². The van der Waals surface area contributed by atoms with Crippen LogP contribution in [0.1, 0.15) is 110 Å². The minimum absolute atomic E-state index is 0.194. The zero-order valence-corrected chi connectivity index (χ0v) is 24.9. The SMILES string of the molecule is CC[Si](CCCC[Si](CC)(OC(C)(C)C)OC(C)(C)C)(OC(C)(C)C)OC(C)(C)C. The first-order valence-corrected chi connectivity index (χ1v) is 16.4. The molecule has 0 saturated heterocycles. The van der Waals surface area contributed by atoms with Crippen LogP contribution in [0.2, 0.25) is 24.2 Å². The van der Waals surface area contributed by atoms with E-state index in [4.69, 9.17) is 17.7 Å². The molecule has 0 aromatic rings. The zero-order valence-electron chi connectivity index (χ0n) is 22.9. The van der Waals surface area contributed by atoms with Crippen molar-refractivity contribution in [2.24, 2.45) is 0 Å². The molecule has 0 saturated carbocycles. The van der Waals surface area contributed by atoms with Gasteiger partial charge in [0, 0.05) is 0 Å². The molecule has 0 aromatic heterocycles. The van der Waals surface area contributed by atoms with E-state index in [1.807, 2.05) is 0 Å². The molecule has 4 nitrogen and oxygen atoms in total. The van der Waals surface area contributed by atoms with Gasteiger partial charge < -0.3 is 17.7 Å². The monoisotopic (exact) mass is 462 g/mol. The molecule has 182 valence electrons. The van der Waals surface area contributed by atoms with E-state index in [2.05, 4.69) is 96.9 Å². The van der Waals surface area contributed by atoms with Gasteiger partial charge in [0.15, 0.2) is 0 Å². The van der Waals surface area contributed by atoms with E-state index in [1.54, 1.807) is 0 Å². The van der Waals surface area contributed by atoms with Gasteiger partial charge in [0.05, 0.1) is 22.4 Å². The van der Waals surface area contributed by atoms with Gasteiger partial charge in [-0.2, -0.15) is 0 Å². The molecule has 0 heterocycles. The van der Waals surface area contributed by atoms with Crippen molar-refractivity contribution in [3.63, 3.8) is 0 Å². The van der Waals surface area contributed by atoms with Gasteiger partial charge in [0.2, 0.25) is 0 Å². The second kappa shape index (κ2) is 10.9. The van der Waals surface area contributed by atoms with Crippen molar-refractivity contribution in [1.29, 1.82) is 0 Å². The molecule has 0 amide bonds. The molecule has 0 rings (SSSR count). The van der Waals surface area contributed by atoms with Crippen LogP contribution in [0, 0.1) is 0 Å². The van der Waals surface area contributed by atoms with Crippen LogP contribution in [-0.2, 0) is 17.7 Å². The predicted molar refractivity (Wildman–Crippen MR) is 135 cm³/mol. The molecule has 0 unspecified atom stereocenters. The summed E-state index contributed by atoms with van der Waals surface area (Å²) >= 11 is 0. The Morgan fingerprint density at radius 1 is 0.433 bits per heavy atom. The maximum Gasteiger partial charge on any atom is 0.338 e. The third-order valence-electron chi connectivity index (χ3n) is 4.41. The molecule has 0 aliphatic heterocycles. The molecule has 30 heavy (non-hydrogen) atoms. The summed E-state index contributed by atoms with van der Waals surface area (Å²) in [6, 6.07) is 3.96. The highest BCUT2D eigenvalue weighted by atomic mass is 28.4. The highest BCUT2D eigenvalue weighted by Crippen LogP contribution is 2.35. The summed E-state index contributed by atoms with van der Waals surface area (Å²) in [6.07, 6.45) is 2.17. The van der Waals surface area contributed by atoms with Crippen LogP contribution in [0.25, 0.3) is 0 Å². The lowest BCUT2D eigenvalue weighted by Gasteiger charge is -2.42. The molecule has 0 fully saturated rings. The second-order valence-electron chi connectivity index (χ2n) is 12.6. The highest BCUT2D eigenvalue weighted by Gasteiger charge is 2.44. The molecule has 6 heteroatoms. The Morgan fingerprint density at radius 3 is 0.767 bits per heavy atom. The van der Waals surface area contributed by atoms with Gasteiger partial charge in [-0.25, -0.2) is 0 Å². The number of unbranched alkanes of at least 4 members (excludes halogenated alkanes) is 1. The predicted octanol–water partition coefficient (Wildman–Crippen LogP) is 7.95. The van der Waals surface area contributed by atoms with Gasteiger partial charge in [0.1, 0.15) is 0 Å². The Hall–Kier alpha value is 0.274. The molecular weight excluding hydrogens is 408 g/mol. The molecular formula is C24H54O4Si2. The third kappa shape index (κ3) is 13.6. The van der Waals surface area contributed by atoms with E-state index in [1.165, 1.54) is 0 Å². The lowest BCUT2D eigenvalue weighted by Crippen LogP contribution is -2.52. The summed E-state index contributed by atoms with van der Waals surface area (Å²) in [6.45, 7) is 30.1. The minimum atomic E-state index is -2.31. The summed E-state index contributed by atoms with van der Waals surface area (Å²) in [5, 5.41) is 0. The lowest BCUT2D eigenvalue weighted by molar-refractivity contribution is 0.0110. The van der Waals surface area contributed by atoms with E-state index < -0.39 is 17.1 Å². The average Bonchev–Trinajstić information content (AvgIpc) is 2.45. The lowest BCUT2D eigenvalue weighted by atomic mass is 10.2. The van der Waals surface area contributed by atoms with E-state index in [0.29, 0.717) is 0 Å². The molecule has 0 atom stereocenters. The number of hydrogen-bond acceptors (Lipinski definition) is 4. The Balaban J connectivity index is 5.36. The van der Waals surface area contributed by atoms with Crippen molar-refractivity contribution >= 4 is 17.1 Å². The molecule has 0 aromatic carbocycles. The maximum absolute atomic E-state index is 6.64. The van der Waals surface area contributed by atoms with Gasteiger partial charge >= 0.3 is 17.1 Å². The molecule has 0 aliphatic carbocycles. The second-order valence-corrected chi connectivity index (χ2v) is 19.5. The first-order valence-electron chi connectivity index (χ1n) is 12.0. The van der Waals surface area contributed by atoms with Crippen LogP contribution < -0.4 is 0 Å². The Morgan fingerprint density at radius 2 is 0.633 bits per heavy atom. The highest BCUT2D eigenvalue weighted by molar-refractivity contribution is 6.68. The van der Waals surface area contributed by atoms with Crippen LogP contribution in [0.3, 0.4) is 0 Å². The topological polar surface area (TPSA) is 36.9 Å². The van der Waals surface area contributed by atoms with E-state index >= 15 is 0 Å². The largest absolute Gasteiger partial charge is 0.389 e. The fourth-order valence-electron chi connectivity index (χ4n) is 3.91. The fraction of sp³-hybridized carbons (Fsp3) is 1.00. The molecule has 0 bridgehead atoms. The van der Waals surface area contributed by atoms with Gasteiger partial charge in [-0.3, -0.25) is 0 Å². The zero-order chi connectivity index (χ0) is 24.1. The van der Waals surface area contributed by atoms with Gasteiger partial charge in [-0.1, -0.05) is 26.7 Å². The fourth-order valence-corrected chi connectivity index (χ4v) is 11.7.